The van der Waals surface area contributed by atoms with Crippen LogP contribution in [0.25, 0.3) is 12.2 Å². The first-order valence-corrected chi connectivity index (χ1v) is 23.6. The summed E-state index contributed by atoms with van der Waals surface area (Å²) >= 11 is 24.9. The zero-order valence-corrected chi connectivity index (χ0v) is 40.1. The van der Waals surface area contributed by atoms with Gasteiger partial charge in [0.15, 0.2) is 5.78 Å². The van der Waals surface area contributed by atoms with E-state index in [-0.39, 0.29) is 101 Å². The minimum absolute atomic E-state index is 0.0297. The van der Waals surface area contributed by atoms with Crippen molar-refractivity contribution in [1.29, 1.82) is 0 Å². The molecule has 4 aromatic carbocycles. The maximum Gasteiger partial charge on any atom is 0.264 e. The maximum atomic E-state index is 14.5. The van der Waals surface area contributed by atoms with E-state index < -0.39 is 41.6 Å². The number of carbonyl (C=O) groups is 7. The van der Waals surface area contributed by atoms with Gasteiger partial charge < -0.3 is 29.7 Å². The molecular weight excluding hydrogens is 972 g/mol. The summed E-state index contributed by atoms with van der Waals surface area (Å²) in [5.74, 6) is -3.36. The van der Waals surface area contributed by atoms with Crippen molar-refractivity contribution in [3.63, 3.8) is 0 Å². The van der Waals surface area contributed by atoms with Gasteiger partial charge in [-0.05, 0) is 71.7 Å². The molecule has 7 rings (SSSR count). The number of nitrogens with one attached hydrogen (secondary N) is 3. The van der Waals surface area contributed by atoms with Gasteiger partial charge in [0.2, 0.25) is 23.6 Å². The zero-order valence-electron chi connectivity index (χ0n) is 37.1. The highest BCUT2D eigenvalue weighted by atomic mass is 35.5. The van der Waals surface area contributed by atoms with Crippen molar-refractivity contribution in [2.45, 2.75) is 37.8 Å². The number of hydrogen-bond donors (Lipinski definition) is 3. The number of ketones is 1. The Labute approximate surface area is 418 Å². The zero-order chi connectivity index (χ0) is 49.0. The fourth-order valence-corrected chi connectivity index (χ4v) is 8.58. The fourth-order valence-electron chi connectivity index (χ4n) is 7.97. The van der Waals surface area contributed by atoms with Crippen LogP contribution in [0.15, 0.2) is 96.1 Å². The lowest BCUT2D eigenvalue weighted by Crippen LogP contribution is -2.54. The Bertz CT molecular complexity index is 2620. The van der Waals surface area contributed by atoms with E-state index in [0.717, 1.165) is 10.5 Å². The number of piperidine rings is 2. The number of anilines is 1. The predicted molar refractivity (Wildman–Crippen MR) is 261 cm³/mol. The van der Waals surface area contributed by atoms with E-state index in [2.05, 4.69) is 16.0 Å². The van der Waals surface area contributed by atoms with Crippen LogP contribution in [0.2, 0.25) is 20.1 Å². The van der Waals surface area contributed by atoms with Crippen molar-refractivity contribution in [2.24, 2.45) is 0 Å². The summed E-state index contributed by atoms with van der Waals surface area (Å²) in [7, 11) is 0. The van der Waals surface area contributed by atoms with Gasteiger partial charge in [0.05, 0.1) is 70.9 Å². The Morgan fingerprint density at radius 2 is 1.32 bits per heavy atom. The number of rotatable bonds is 20. The van der Waals surface area contributed by atoms with E-state index in [4.69, 9.17) is 60.6 Å². The van der Waals surface area contributed by atoms with Crippen LogP contribution in [0, 0.1) is 0 Å². The Hall–Kier alpha value is -5.91. The van der Waals surface area contributed by atoms with Crippen LogP contribution in [-0.2, 0) is 44.6 Å². The topological polar surface area (TPSA) is 190 Å². The van der Waals surface area contributed by atoms with Crippen LogP contribution in [-0.4, -0.2) is 122 Å². The molecule has 15 nitrogen and oxygen atoms in total. The minimum Gasteiger partial charge on any atom is -0.382 e. The lowest BCUT2D eigenvalue weighted by Gasteiger charge is -2.33. The summed E-state index contributed by atoms with van der Waals surface area (Å²) in [5.41, 5.74) is 3.48. The van der Waals surface area contributed by atoms with Gasteiger partial charge in [-0.15, -0.1) is 0 Å². The molecule has 0 bridgehead atoms. The van der Waals surface area contributed by atoms with Crippen molar-refractivity contribution in [1.82, 2.24) is 20.4 Å². The van der Waals surface area contributed by atoms with Gasteiger partial charge in [-0.25, -0.2) is 0 Å². The molecule has 2 atom stereocenters. The van der Waals surface area contributed by atoms with Crippen molar-refractivity contribution in [3.05, 3.63) is 144 Å². The van der Waals surface area contributed by atoms with Crippen molar-refractivity contribution >= 4 is 105 Å². The number of hydrogen-bond acceptors (Lipinski definition) is 11. The van der Waals surface area contributed by atoms with Gasteiger partial charge in [-0.2, -0.15) is 0 Å². The number of likely N-dealkylation sites (tertiary alicyclic amines) is 1. The van der Waals surface area contributed by atoms with Crippen LogP contribution in [0.5, 0.6) is 0 Å². The highest BCUT2D eigenvalue weighted by Gasteiger charge is 2.45. The molecule has 19 heteroatoms. The SMILES string of the molecule is O=C1CCC(N2C(=O)c3cccc(NCCOCCOCCOCCC(=O)N[C@@H](Cc4ccccc4)C(=O)N4C/C(=C/c5ccc(Cl)c(Cl)c5)C(=O)/C(=C\c5ccc(Cl)c(Cl)c5)C4)c3C2=O)C(=O)N1. The quantitative estimate of drug-likeness (QED) is 0.0477. The lowest BCUT2D eigenvalue weighted by atomic mass is 9.93. The predicted octanol–water partition coefficient (Wildman–Crippen LogP) is 6.86. The third-order valence-electron chi connectivity index (χ3n) is 11.3. The van der Waals surface area contributed by atoms with Gasteiger partial charge in [0.25, 0.3) is 11.8 Å². The lowest BCUT2D eigenvalue weighted by molar-refractivity contribution is -0.137. The van der Waals surface area contributed by atoms with E-state index in [1.807, 2.05) is 30.3 Å². The first-order valence-electron chi connectivity index (χ1n) is 22.1. The van der Waals surface area contributed by atoms with Crippen LogP contribution < -0.4 is 16.0 Å². The average Bonchev–Trinajstić information content (AvgIpc) is 3.58. The van der Waals surface area contributed by atoms with Crippen molar-refractivity contribution < 1.29 is 47.8 Å². The molecule has 6 amide bonds. The van der Waals surface area contributed by atoms with Gasteiger partial charge >= 0.3 is 0 Å². The van der Waals surface area contributed by atoms with E-state index >= 15 is 0 Å². The molecule has 1 unspecified atom stereocenters. The third-order valence-corrected chi connectivity index (χ3v) is 12.8. The number of ether oxygens (including phenoxy) is 3. The number of fused-ring (bicyclic) bond motifs is 1. The molecule has 3 aliphatic rings. The number of carbonyl (C=O) groups excluding carboxylic acids is 7. The highest BCUT2D eigenvalue weighted by molar-refractivity contribution is 6.42. The summed E-state index contributed by atoms with van der Waals surface area (Å²) < 4.78 is 16.9. The van der Waals surface area contributed by atoms with Crippen LogP contribution >= 0.6 is 46.4 Å². The smallest absolute Gasteiger partial charge is 0.264 e. The summed E-state index contributed by atoms with van der Waals surface area (Å²) in [6, 6.07) is 22.0. The third kappa shape index (κ3) is 13.2. The summed E-state index contributed by atoms with van der Waals surface area (Å²) in [5, 5.41) is 9.54. The normalized spacial score (nSPS) is 17.6. The summed E-state index contributed by atoms with van der Waals surface area (Å²) in [6.07, 6.45) is 3.60. The Kier molecular flexibility index (Phi) is 17.8. The molecule has 2 fully saturated rings. The van der Waals surface area contributed by atoms with Crippen molar-refractivity contribution in [2.75, 3.05) is 64.6 Å². The van der Waals surface area contributed by atoms with Gasteiger partial charge in [0, 0.05) is 55.7 Å². The first-order chi connectivity index (χ1) is 33.3. The first kappa shape index (κ1) is 51.0. The number of Topliss-reactive ketones (excluding diaryl/α,β-unsaturated/α-hetero) is 1. The number of benzene rings is 4. The standard InChI is InChI=1S/C50H47Cl4N5O10/c51-36-11-9-31(25-38(36)53)23-33-28-58(29-34(46(33)62)24-32-10-12-37(52)39(54)26-32)49(65)41(27-30-5-2-1-3-6-30)56-44(61)15-17-67-19-21-69-22-20-68-18-16-55-40-8-4-7-35-45(40)50(66)59(48(35)64)42-13-14-43(60)57-47(42)63/h1-12,23-26,41-42,55H,13-22,27-29H2,(H,56,61)(H,57,60,63)/b33-23-,34-24-/t41-,42?/m0/s1. The second-order valence-corrected chi connectivity index (χ2v) is 17.8. The van der Waals surface area contributed by atoms with Crippen LogP contribution in [0.3, 0.4) is 0 Å². The molecule has 2 saturated heterocycles. The maximum absolute atomic E-state index is 14.5. The van der Waals surface area contributed by atoms with E-state index in [0.29, 0.717) is 54.6 Å². The van der Waals surface area contributed by atoms with E-state index in [9.17, 15) is 33.6 Å². The molecule has 0 aromatic heterocycles. The largest absolute Gasteiger partial charge is 0.382 e. The van der Waals surface area contributed by atoms with Crippen LogP contribution in [0.4, 0.5) is 5.69 Å². The summed E-state index contributed by atoms with van der Waals surface area (Å²) in [6.45, 7) is 1.54. The van der Waals surface area contributed by atoms with Gasteiger partial charge in [-0.3, -0.25) is 43.8 Å². The number of halogens is 4. The molecule has 3 aliphatic heterocycles. The van der Waals surface area contributed by atoms with E-state index in [1.165, 1.54) is 11.0 Å². The van der Waals surface area contributed by atoms with Crippen molar-refractivity contribution in [3.8, 4) is 0 Å². The fraction of sp³-hybridized carbons (Fsp3) is 0.300. The Balaban J connectivity index is 0.865. The highest BCUT2D eigenvalue weighted by Crippen LogP contribution is 2.33. The monoisotopic (exact) mass is 1020 g/mol. The number of imide groups is 2. The van der Waals surface area contributed by atoms with Crippen LogP contribution in [0.1, 0.15) is 56.7 Å². The molecular formula is C50H47Cl4N5O10. The molecule has 3 N–H and O–H groups in total. The molecule has 0 saturated carbocycles. The minimum atomic E-state index is -1.06. The summed E-state index contributed by atoms with van der Waals surface area (Å²) in [4.78, 5) is 94.6. The molecule has 0 spiro atoms. The molecule has 69 heavy (non-hydrogen) atoms. The molecule has 3 heterocycles. The second-order valence-electron chi connectivity index (χ2n) is 16.2. The van der Waals surface area contributed by atoms with E-state index in [1.54, 1.807) is 60.7 Å². The molecule has 4 aromatic rings. The van der Waals surface area contributed by atoms with Gasteiger partial charge in [0.1, 0.15) is 12.1 Å². The molecule has 0 radical (unpaired) electrons. The average molecular weight is 1020 g/mol. The Morgan fingerprint density at radius 3 is 1.93 bits per heavy atom. The molecule has 0 aliphatic carbocycles. The Morgan fingerprint density at radius 1 is 0.710 bits per heavy atom. The number of nitrogens with zero attached hydrogens (tertiary/aromatic N) is 2. The second kappa shape index (κ2) is 24.1. The number of amides is 6. The molecule has 360 valence electrons. The van der Waals surface area contributed by atoms with Gasteiger partial charge in [-0.1, -0.05) is 94.9 Å².